The van der Waals surface area contributed by atoms with E-state index < -0.39 is 0 Å². The molecule has 0 radical (unpaired) electrons. The average molecular weight is 346 g/mol. The summed E-state index contributed by atoms with van der Waals surface area (Å²) >= 11 is 1.14. The fraction of sp³-hybridized carbons (Fsp3) is 0.562. The molecule has 1 unspecified atom stereocenters. The number of nitrogens with one attached hydrogen (secondary N) is 1. The molecule has 1 amide bonds. The van der Waals surface area contributed by atoms with Gasteiger partial charge in [-0.25, -0.2) is 9.97 Å². The van der Waals surface area contributed by atoms with Gasteiger partial charge >= 0.3 is 0 Å². The van der Waals surface area contributed by atoms with Gasteiger partial charge in [-0.2, -0.15) is 0 Å². The number of nitrogens with zero attached hydrogens (tertiary/aromatic N) is 5. The van der Waals surface area contributed by atoms with Crippen LogP contribution in [-0.4, -0.2) is 44.0 Å². The van der Waals surface area contributed by atoms with E-state index in [1.54, 1.807) is 0 Å². The number of carbonyl (C=O) groups is 1. The van der Waals surface area contributed by atoms with Gasteiger partial charge in [-0.05, 0) is 51.3 Å². The summed E-state index contributed by atoms with van der Waals surface area (Å²) in [6.07, 6.45) is 4.79. The Hall–Kier alpha value is -1.93. The first-order chi connectivity index (χ1) is 11.6. The minimum atomic E-state index is -0.131. The van der Waals surface area contributed by atoms with E-state index in [9.17, 15) is 4.79 Å². The number of hydrogen-bond donors (Lipinski definition) is 1. The highest BCUT2D eigenvalue weighted by Gasteiger charge is 2.26. The minimum Gasteiger partial charge on any atom is -0.347 e. The normalized spacial score (nSPS) is 18.0. The summed E-state index contributed by atoms with van der Waals surface area (Å²) in [4.78, 5) is 24.3. The smallest absolute Gasteiger partial charge is 0.265 e. The van der Waals surface area contributed by atoms with Crippen LogP contribution in [0.2, 0.25) is 0 Å². The molecular formula is C16H22N6OS. The first-order valence-corrected chi connectivity index (χ1v) is 8.99. The molecule has 1 aliphatic rings. The van der Waals surface area contributed by atoms with Crippen LogP contribution in [0, 0.1) is 6.92 Å². The number of aromatic nitrogens is 4. The molecule has 0 aromatic carbocycles. The standard InChI is InChI=1S/C16H22N6OS/c1-4-12-15(24-21-20-12)16(23)18-9-11-8-17-10(2)19-14(11)13-6-5-7-22(13)3/h8,13H,4-7,9H2,1-3H3,(H,18,23). The topological polar surface area (TPSA) is 83.9 Å². The number of hydrogen-bond acceptors (Lipinski definition) is 7. The number of amides is 1. The molecule has 2 aromatic heterocycles. The second-order valence-corrected chi connectivity index (χ2v) is 6.81. The lowest BCUT2D eigenvalue weighted by molar-refractivity contribution is 0.0953. The first-order valence-electron chi connectivity index (χ1n) is 8.22. The maximum absolute atomic E-state index is 12.4. The van der Waals surface area contributed by atoms with E-state index >= 15 is 0 Å². The summed E-state index contributed by atoms with van der Waals surface area (Å²) < 4.78 is 3.87. The molecule has 1 atom stereocenters. The van der Waals surface area contributed by atoms with E-state index in [4.69, 9.17) is 0 Å². The molecule has 8 heteroatoms. The molecule has 1 saturated heterocycles. The van der Waals surface area contributed by atoms with Crippen molar-refractivity contribution in [3.63, 3.8) is 0 Å². The van der Waals surface area contributed by atoms with E-state index in [-0.39, 0.29) is 5.91 Å². The summed E-state index contributed by atoms with van der Waals surface area (Å²) in [6.45, 7) is 5.36. The fourth-order valence-corrected chi connectivity index (χ4v) is 3.73. The molecule has 2 aromatic rings. The van der Waals surface area contributed by atoms with Crippen molar-refractivity contribution < 1.29 is 4.79 Å². The van der Waals surface area contributed by atoms with Crippen molar-refractivity contribution in [2.75, 3.05) is 13.6 Å². The average Bonchev–Trinajstić information content (AvgIpc) is 3.21. The Bertz CT molecular complexity index is 731. The molecule has 24 heavy (non-hydrogen) atoms. The van der Waals surface area contributed by atoms with Crippen LogP contribution in [0.15, 0.2) is 6.20 Å². The Morgan fingerprint density at radius 2 is 2.33 bits per heavy atom. The zero-order chi connectivity index (χ0) is 17.1. The highest BCUT2D eigenvalue weighted by molar-refractivity contribution is 7.08. The second-order valence-electron chi connectivity index (χ2n) is 6.05. The predicted molar refractivity (Wildman–Crippen MR) is 91.8 cm³/mol. The highest BCUT2D eigenvalue weighted by Crippen LogP contribution is 2.31. The molecule has 0 spiro atoms. The van der Waals surface area contributed by atoms with Crippen molar-refractivity contribution in [1.82, 2.24) is 29.8 Å². The molecule has 7 nitrogen and oxygen atoms in total. The molecule has 0 bridgehead atoms. The van der Waals surface area contributed by atoms with Gasteiger partial charge in [0.25, 0.3) is 5.91 Å². The molecule has 1 fully saturated rings. The quantitative estimate of drug-likeness (QED) is 0.890. The van der Waals surface area contributed by atoms with E-state index in [1.165, 1.54) is 6.42 Å². The fourth-order valence-electron chi connectivity index (χ4n) is 3.06. The molecule has 128 valence electrons. The van der Waals surface area contributed by atoms with E-state index in [0.29, 0.717) is 23.9 Å². The van der Waals surface area contributed by atoms with Gasteiger partial charge in [0, 0.05) is 18.3 Å². The van der Waals surface area contributed by atoms with Gasteiger partial charge in [0.2, 0.25) is 0 Å². The third-order valence-corrected chi connectivity index (χ3v) is 5.16. The third kappa shape index (κ3) is 3.44. The zero-order valence-corrected chi connectivity index (χ0v) is 15.1. The van der Waals surface area contributed by atoms with Gasteiger partial charge in [0.15, 0.2) is 0 Å². The van der Waals surface area contributed by atoms with Gasteiger partial charge in [-0.15, -0.1) is 5.10 Å². The van der Waals surface area contributed by atoms with Crippen molar-refractivity contribution in [2.45, 2.75) is 45.7 Å². The third-order valence-electron chi connectivity index (χ3n) is 4.39. The summed E-state index contributed by atoms with van der Waals surface area (Å²) in [6, 6.07) is 0.301. The van der Waals surface area contributed by atoms with Crippen LogP contribution < -0.4 is 5.32 Å². The van der Waals surface area contributed by atoms with Crippen molar-refractivity contribution >= 4 is 17.4 Å². The number of rotatable bonds is 5. The molecule has 1 aliphatic heterocycles. The first kappa shape index (κ1) is 16.9. The van der Waals surface area contributed by atoms with E-state index in [2.05, 4.69) is 36.8 Å². The molecule has 3 rings (SSSR count). The monoisotopic (exact) mass is 346 g/mol. The largest absolute Gasteiger partial charge is 0.347 e. The molecular weight excluding hydrogens is 324 g/mol. The Morgan fingerprint density at radius 1 is 1.50 bits per heavy atom. The predicted octanol–water partition coefficient (Wildman–Crippen LogP) is 1.90. The van der Waals surface area contributed by atoms with Crippen molar-refractivity contribution in [2.24, 2.45) is 0 Å². The summed E-state index contributed by atoms with van der Waals surface area (Å²) in [5.74, 6) is 0.633. The van der Waals surface area contributed by atoms with Crippen LogP contribution in [0.4, 0.5) is 0 Å². The van der Waals surface area contributed by atoms with Gasteiger partial charge in [0.1, 0.15) is 10.7 Å². The summed E-state index contributed by atoms with van der Waals surface area (Å²) in [5.41, 5.74) is 2.75. The van der Waals surface area contributed by atoms with Crippen LogP contribution in [0.25, 0.3) is 0 Å². The van der Waals surface area contributed by atoms with Crippen LogP contribution in [-0.2, 0) is 13.0 Å². The second kappa shape index (κ2) is 7.31. The zero-order valence-electron chi connectivity index (χ0n) is 14.2. The Labute approximate surface area is 145 Å². The van der Waals surface area contributed by atoms with Crippen LogP contribution in [0.3, 0.4) is 0 Å². The van der Waals surface area contributed by atoms with Gasteiger partial charge in [-0.1, -0.05) is 11.4 Å². The lowest BCUT2D eigenvalue weighted by atomic mass is 10.1. The van der Waals surface area contributed by atoms with Gasteiger partial charge in [0.05, 0.1) is 17.4 Å². The Balaban J connectivity index is 1.76. The molecule has 0 saturated carbocycles. The van der Waals surface area contributed by atoms with Crippen molar-refractivity contribution in [3.8, 4) is 0 Å². The maximum atomic E-state index is 12.4. The minimum absolute atomic E-state index is 0.131. The summed E-state index contributed by atoms with van der Waals surface area (Å²) in [5, 5.41) is 6.96. The number of aryl methyl sites for hydroxylation is 2. The van der Waals surface area contributed by atoms with E-state index in [0.717, 1.165) is 47.3 Å². The number of likely N-dealkylation sites (tertiary alicyclic amines) is 1. The lowest BCUT2D eigenvalue weighted by Crippen LogP contribution is -2.26. The molecule has 1 N–H and O–H groups in total. The highest BCUT2D eigenvalue weighted by atomic mass is 32.1. The molecule has 3 heterocycles. The number of carbonyl (C=O) groups excluding carboxylic acids is 1. The lowest BCUT2D eigenvalue weighted by Gasteiger charge is -2.21. The summed E-state index contributed by atoms with van der Waals surface area (Å²) in [7, 11) is 2.12. The van der Waals surface area contributed by atoms with Crippen LogP contribution in [0.1, 0.15) is 58.3 Å². The van der Waals surface area contributed by atoms with Crippen LogP contribution >= 0.6 is 11.5 Å². The van der Waals surface area contributed by atoms with Crippen molar-refractivity contribution in [3.05, 3.63) is 33.8 Å². The maximum Gasteiger partial charge on any atom is 0.265 e. The van der Waals surface area contributed by atoms with E-state index in [1.807, 2.05) is 20.0 Å². The van der Waals surface area contributed by atoms with Crippen molar-refractivity contribution in [1.29, 1.82) is 0 Å². The SMILES string of the molecule is CCc1nnsc1C(=O)NCc1cnc(C)nc1C1CCCN1C. The van der Waals surface area contributed by atoms with Crippen LogP contribution in [0.5, 0.6) is 0 Å². The molecule has 0 aliphatic carbocycles. The van der Waals surface area contributed by atoms with Gasteiger partial charge in [-0.3, -0.25) is 9.69 Å². The Kier molecular flexibility index (Phi) is 5.15. The Morgan fingerprint density at radius 3 is 3.04 bits per heavy atom. The van der Waals surface area contributed by atoms with Gasteiger partial charge < -0.3 is 5.32 Å².